The van der Waals surface area contributed by atoms with E-state index in [9.17, 15) is 9.50 Å². The van der Waals surface area contributed by atoms with Gasteiger partial charge in [-0.15, -0.1) is 0 Å². The monoisotopic (exact) mass is 266 g/mol. The van der Waals surface area contributed by atoms with Gasteiger partial charge in [0, 0.05) is 37.0 Å². The maximum absolute atomic E-state index is 13.4. The van der Waals surface area contributed by atoms with Crippen molar-refractivity contribution >= 4 is 5.69 Å². The van der Waals surface area contributed by atoms with E-state index in [4.69, 9.17) is 0 Å². The molecule has 1 aliphatic rings. The third-order valence-electron chi connectivity index (χ3n) is 4.12. The second kappa shape index (κ2) is 5.47. The van der Waals surface area contributed by atoms with Crippen LogP contribution in [0.3, 0.4) is 0 Å². The molecule has 0 spiro atoms. The molecule has 106 valence electrons. The molecule has 1 fully saturated rings. The van der Waals surface area contributed by atoms with Crippen LogP contribution in [0.1, 0.15) is 20.3 Å². The number of rotatable bonds is 3. The number of piperazine rings is 1. The Morgan fingerprint density at radius 2 is 2.16 bits per heavy atom. The molecule has 4 heteroatoms. The van der Waals surface area contributed by atoms with E-state index in [0.29, 0.717) is 6.42 Å². The van der Waals surface area contributed by atoms with E-state index in [1.807, 2.05) is 6.07 Å². The highest BCUT2D eigenvalue weighted by Crippen LogP contribution is 2.29. The second-order valence-electron chi connectivity index (χ2n) is 5.97. The fourth-order valence-corrected chi connectivity index (χ4v) is 2.68. The Hall–Kier alpha value is -1.13. The van der Waals surface area contributed by atoms with Crippen LogP contribution in [-0.2, 0) is 0 Å². The molecule has 1 unspecified atom stereocenters. The van der Waals surface area contributed by atoms with Gasteiger partial charge in [0.25, 0.3) is 0 Å². The van der Waals surface area contributed by atoms with Crippen LogP contribution in [-0.4, -0.2) is 48.3 Å². The lowest BCUT2D eigenvalue weighted by atomic mass is 9.94. The second-order valence-corrected chi connectivity index (χ2v) is 5.97. The topological polar surface area (TPSA) is 26.7 Å². The van der Waals surface area contributed by atoms with Crippen LogP contribution < -0.4 is 4.90 Å². The molecule has 1 saturated heterocycles. The van der Waals surface area contributed by atoms with Crippen molar-refractivity contribution in [1.29, 1.82) is 0 Å². The summed E-state index contributed by atoms with van der Waals surface area (Å²) in [7, 11) is 2.10. The Kier molecular flexibility index (Phi) is 4.11. The molecule has 0 saturated carbocycles. The molecule has 2 rings (SSSR count). The normalized spacial score (nSPS) is 23.6. The Morgan fingerprint density at radius 3 is 2.79 bits per heavy atom. The van der Waals surface area contributed by atoms with Crippen LogP contribution in [0, 0.1) is 5.82 Å². The minimum absolute atomic E-state index is 0.0400. The van der Waals surface area contributed by atoms with Crippen molar-refractivity contribution in [2.75, 3.05) is 31.6 Å². The number of anilines is 1. The van der Waals surface area contributed by atoms with E-state index in [0.717, 1.165) is 18.8 Å². The van der Waals surface area contributed by atoms with Crippen molar-refractivity contribution in [2.24, 2.45) is 0 Å². The van der Waals surface area contributed by atoms with Crippen molar-refractivity contribution < 1.29 is 9.50 Å². The number of halogens is 1. The Morgan fingerprint density at radius 1 is 1.42 bits per heavy atom. The Bertz CT molecular complexity index is 436. The highest BCUT2D eigenvalue weighted by Gasteiger charge is 2.36. The van der Waals surface area contributed by atoms with E-state index in [1.54, 1.807) is 12.1 Å². The smallest absolute Gasteiger partial charge is 0.125 e. The number of hydrogen-bond acceptors (Lipinski definition) is 3. The van der Waals surface area contributed by atoms with Crippen LogP contribution in [0.25, 0.3) is 0 Å². The van der Waals surface area contributed by atoms with Gasteiger partial charge in [0.2, 0.25) is 0 Å². The van der Waals surface area contributed by atoms with Gasteiger partial charge in [-0.25, -0.2) is 4.39 Å². The molecule has 0 amide bonds. The zero-order chi connectivity index (χ0) is 14.0. The van der Waals surface area contributed by atoms with Crippen molar-refractivity contribution in [3.8, 4) is 0 Å². The number of aliphatic hydroxyl groups is 1. The molecule has 1 heterocycles. The highest BCUT2D eigenvalue weighted by atomic mass is 19.1. The first-order valence-electron chi connectivity index (χ1n) is 6.78. The first-order valence-corrected chi connectivity index (χ1v) is 6.78. The molecule has 0 aromatic heterocycles. The fraction of sp³-hybridized carbons (Fsp3) is 0.600. The first kappa shape index (κ1) is 14.3. The molecule has 3 nitrogen and oxygen atoms in total. The van der Waals surface area contributed by atoms with E-state index < -0.39 is 0 Å². The summed E-state index contributed by atoms with van der Waals surface area (Å²) in [5.74, 6) is -0.211. The summed E-state index contributed by atoms with van der Waals surface area (Å²) in [6, 6.07) is 6.95. The van der Waals surface area contributed by atoms with Gasteiger partial charge in [0.05, 0.1) is 0 Å². The summed E-state index contributed by atoms with van der Waals surface area (Å²) in [5.41, 5.74) is 0.942. The standard InChI is InChI=1S/C15H23FN2O/c1-15(2)11-18(13-6-4-5-12(16)9-13)14(7-8-19)10-17(15)3/h4-6,9,14,19H,7-8,10-11H2,1-3H3. The lowest BCUT2D eigenvalue weighted by molar-refractivity contribution is 0.105. The number of nitrogens with zero attached hydrogens (tertiary/aromatic N) is 2. The molecule has 0 bridgehead atoms. The van der Waals surface area contributed by atoms with Gasteiger partial charge in [0.15, 0.2) is 0 Å². The van der Waals surface area contributed by atoms with E-state index in [-0.39, 0.29) is 24.0 Å². The summed E-state index contributed by atoms with van der Waals surface area (Å²) in [5, 5.41) is 9.23. The zero-order valence-electron chi connectivity index (χ0n) is 11.9. The third kappa shape index (κ3) is 3.07. The Labute approximate surface area is 114 Å². The lowest BCUT2D eigenvalue weighted by Gasteiger charge is -2.50. The van der Waals surface area contributed by atoms with E-state index in [2.05, 4.69) is 30.7 Å². The van der Waals surface area contributed by atoms with Crippen molar-refractivity contribution in [3.05, 3.63) is 30.1 Å². The van der Waals surface area contributed by atoms with Crippen LogP contribution >= 0.6 is 0 Å². The predicted molar refractivity (Wildman–Crippen MR) is 75.9 cm³/mol. The average molecular weight is 266 g/mol. The molecule has 0 aliphatic carbocycles. The molecular weight excluding hydrogens is 243 g/mol. The molecule has 0 radical (unpaired) electrons. The average Bonchev–Trinajstić information content (AvgIpc) is 2.34. The number of hydrogen-bond donors (Lipinski definition) is 1. The van der Waals surface area contributed by atoms with Crippen LogP contribution in [0.4, 0.5) is 10.1 Å². The summed E-state index contributed by atoms with van der Waals surface area (Å²) in [6.07, 6.45) is 0.705. The van der Waals surface area contributed by atoms with Crippen LogP contribution in [0.2, 0.25) is 0 Å². The van der Waals surface area contributed by atoms with Crippen LogP contribution in [0.5, 0.6) is 0 Å². The van der Waals surface area contributed by atoms with E-state index >= 15 is 0 Å². The number of benzene rings is 1. The molecule has 1 aliphatic heterocycles. The van der Waals surface area contributed by atoms with Gasteiger partial charge in [-0.05, 0) is 45.5 Å². The van der Waals surface area contributed by atoms with E-state index in [1.165, 1.54) is 6.07 Å². The quantitative estimate of drug-likeness (QED) is 0.907. The van der Waals surface area contributed by atoms with Crippen molar-refractivity contribution in [2.45, 2.75) is 31.8 Å². The number of aliphatic hydroxyl groups excluding tert-OH is 1. The van der Waals surface area contributed by atoms with Gasteiger partial charge in [0.1, 0.15) is 5.82 Å². The molecular formula is C15H23FN2O. The third-order valence-corrected chi connectivity index (χ3v) is 4.12. The maximum atomic E-state index is 13.4. The largest absolute Gasteiger partial charge is 0.396 e. The molecule has 19 heavy (non-hydrogen) atoms. The zero-order valence-corrected chi connectivity index (χ0v) is 11.9. The first-order chi connectivity index (χ1) is 8.94. The van der Waals surface area contributed by atoms with Crippen LogP contribution in [0.15, 0.2) is 24.3 Å². The maximum Gasteiger partial charge on any atom is 0.125 e. The number of likely N-dealkylation sites (N-methyl/N-ethyl adjacent to an activating group) is 1. The summed E-state index contributed by atoms with van der Waals surface area (Å²) >= 11 is 0. The minimum atomic E-state index is -0.211. The molecule has 1 aromatic carbocycles. The molecule has 1 atom stereocenters. The van der Waals surface area contributed by atoms with Gasteiger partial charge < -0.3 is 10.0 Å². The highest BCUT2D eigenvalue weighted by molar-refractivity contribution is 5.49. The predicted octanol–water partition coefficient (Wildman–Crippen LogP) is 2.11. The molecule has 1 N–H and O–H groups in total. The summed E-state index contributed by atoms with van der Waals surface area (Å²) < 4.78 is 13.4. The minimum Gasteiger partial charge on any atom is -0.396 e. The SMILES string of the molecule is CN1CC(CCO)N(c2cccc(F)c2)CC1(C)C. The Balaban J connectivity index is 2.28. The van der Waals surface area contributed by atoms with Gasteiger partial charge in [-0.2, -0.15) is 0 Å². The van der Waals surface area contributed by atoms with Gasteiger partial charge >= 0.3 is 0 Å². The summed E-state index contributed by atoms with van der Waals surface area (Å²) in [4.78, 5) is 4.53. The van der Waals surface area contributed by atoms with Crippen molar-refractivity contribution in [3.63, 3.8) is 0 Å². The van der Waals surface area contributed by atoms with Gasteiger partial charge in [-0.1, -0.05) is 6.07 Å². The lowest BCUT2D eigenvalue weighted by Crippen LogP contribution is -2.62. The fourth-order valence-electron chi connectivity index (χ4n) is 2.68. The van der Waals surface area contributed by atoms with Crippen molar-refractivity contribution in [1.82, 2.24) is 4.90 Å². The molecule has 1 aromatic rings. The summed E-state index contributed by atoms with van der Waals surface area (Å²) in [6.45, 7) is 6.25. The van der Waals surface area contributed by atoms with Gasteiger partial charge in [-0.3, -0.25) is 4.90 Å².